The molecule has 0 fully saturated rings. The minimum absolute atomic E-state index is 0.0603. The number of rotatable bonds is 6. The molecule has 0 aliphatic rings. The highest BCUT2D eigenvalue weighted by molar-refractivity contribution is 9.10. The molecule has 1 N–H and O–H groups in total. The van der Waals surface area contributed by atoms with Gasteiger partial charge in [-0.05, 0) is 42.3 Å². The van der Waals surface area contributed by atoms with Crippen molar-refractivity contribution >= 4 is 27.5 Å². The average Bonchev–Trinajstić information content (AvgIpc) is 2.47. The van der Waals surface area contributed by atoms with Crippen LogP contribution in [0.1, 0.15) is 18.1 Å². The molecule has 0 aromatic heterocycles. The van der Waals surface area contributed by atoms with Crippen molar-refractivity contribution in [1.82, 2.24) is 0 Å². The van der Waals surface area contributed by atoms with E-state index in [1.54, 1.807) is 12.1 Å². The molecule has 0 spiro atoms. The number of halogens is 2. The van der Waals surface area contributed by atoms with Crippen LogP contribution in [-0.4, -0.2) is 11.7 Å². The lowest BCUT2D eigenvalue weighted by Crippen LogP contribution is -2.01. The van der Waals surface area contributed by atoms with Crippen LogP contribution in [0.2, 0.25) is 5.02 Å². The molecule has 21 heavy (non-hydrogen) atoms. The van der Waals surface area contributed by atoms with Crippen LogP contribution in [0, 0.1) is 0 Å². The fraction of sp³-hybridized carbons (Fsp3) is 0.250. The summed E-state index contributed by atoms with van der Waals surface area (Å²) in [7, 11) is 0. The number of benzene rings is 2. The second-order valence-corrected chi connectivity index (χ2v) is 5.69. The van der Waals surface area contributed by atoms with E-state index >= 15 is 0 Å². The molecule has 2 aromatic rings. The molecule has 0 aliphatic carbocycles. The maximum absolute atomic E-state index is 9.30. The predicted molar refractivity (Wildman–Crippen MR) is 87.0 cm³/mol. The van der Waals surface area contributed by atoms with Crippen LogP contribution in [0.5, 0.6) is 11.5 Å². The summed E-state index contributed by atoms with van der Waals surface area (Å²) in [6.07, 6.45) is 0. The summed E-state index contributed by atoms with van der Waals surface area (Å²) in [6, 6.07) is 11.1. The van der Waals surface area contributed by atoms with E-state index in [2.05, 4.69) is 15.9 Å². The van der Waals surface area contributed by atoms with E-state index in [1.807, 2.05) is 31.2 Å². The first-order chi connectivity index (χ1) is 10.1. The molecule has 112 valence electrons. The minimum Gasteiger partial charge on any atom is -0.490 e. The van der Waals surface area contributed by atoms with Gasteiger partial charge in [-0.2, -0.15) is 0 Å². The van der Waals surface area contributed by atoms with Gasteiger partial charge in [-0.15, -0.1) is 0 Å². The lowest BCUT2D eigenvalue weighted by atomic mass is 10.2. The Morgan fingerprint density at radius 3 is 2.57 bits per heavy atom. The van der Waals surface area contributed by atoms with Crippen LogP contribution < -0.4 is 9.47 Å². The largest absolute Gasteiger partial charge is 0.490 e. The van der Waals surface area contributed by atoms with Crippen LogP contribution in [0.25, 0.3) is 0 Å². The summed E-state index contributed by atoms with van der Waals surface area (Å²) in [5.74, 6) is 1.24. The molecule has 0 radical (unpaired) electrons. The Morgan fingerprint density at radius 1 is 1.14 bits per heavy atom. The summed E-state index contributed by atoms with van der Waals surface area (Å²) in [5, 5.41) is 9.98. The van der Waals surface area contributed by atoms with E-state index in [9.17, 15) is 5.11 Å². The number of ether oxygens (including phenoxy) is 2. The lowest BCUT2D eigenvalue weighted by molar-refractivity contribution is 0.263. The summed E-state index contributed by atoms with van der Waals surface area (Å²) < 4.78 is 12.2. The van der Waals surface area contributed by atoms with E-state index in [4.69, 9.17) is 21.1 Å². The molecule has 0 unspecified atom stereocenters. The van der Waals surface area contributed by atoms with Crippen molar-refractivity contribution in [2.45, 2.75) is 20.1 Å². The van der Waals surface area contributed by atoms with Gasteiger partial charge in [0.15, 0.2) is 11.5 Å². The van der Waals surface area contributed by atoms with Crippen molar-refractivity contribution in [3.8, 4) is 11.5 Å². The van der Waals surface area contributed by atoms with Crippen LogP contribution in [0.3, 0.4) is 0 Å². The smallest absolute Gasteiger partial charge is 0.162 e. The number of aliphatic hydroxyl groups is 1. The zero-order chi connectivity index (χ0) is 15.2. The van der Waals surface area contributed by atoms with Gasteiger partial charge in [-0.3, -0.25) is 0 Å². The van der Waals surface area contributed by atoms with Crippen molar-refractivity contribution < 1.29 is 14.6 Å². The maximum Gasteiger partial charge on any atom is 0.162 e. The molecule has 0 aliphatic heterocycles. The molecule has 0 bridgehead atoms. The first kappa shape index (κ1) is 16.1. The van der Waals surface area contributed by atoms with Gasteiger partial charge in [-0.1, -0.05) is 39.7 Å². The lowest BCUT2D eigenvalue weighted by Gasteiger charge is -2.14. The van der Waals surface area contributed by atoms with Crippen LogP contribution in [0.4, 0.5) is 0 Å². The van der Waals surface area contributed by atoms with Gasteiger partial charge < -0.3 is 14.6 Å². The van der Waals surface area contributed by atoms with Gasteiger partial charge in [0.1, 0.15) is 6.61 Å². The number of aliphatic hydroxyl groups excluding tert-OH is 1. The quantitative estimate of drug-likeness (QED) is 0.808. The standard InChI is InChI=1S/C16H16BrClO3/c1-2-20-15-7-12(9-19)14(17)8-16(15)21-10-11-4-3-5-13(18)6-11/h3-8,19H,2,9-10H2,1H3. The van der Waals surface area contributed by atoms with E-state index in [-0.39, 0.29) is 6.61 Å². The summed E-state index contributed by atoms with van der Waals surface area (Å²) in [6.45, 7) is 2.77. The number of hydrogen-bond acceptors (Lipinski definition) is 3. The van der Waals surface area contributed by atoms with Gasteiger partial charge in [0.25, 0.3) is 0 Å². The summed E-state index contributed by atoms with van der Waals surface area (Å²) in [5.41, 5.74) is 1.74. The first-order valence-electron chi connectivity index (χ1n) is 6.57. The Morgan fingerprint density at radius 2 is 1.90 bits per heavy atom. The fourth-order valence-corrected chi connectivity index (χ4v) is 2.53. The van der Waals surface area contributed by atoms with Crippen LogP contribution >= 0.6 is 27.5 Å². The van der Waals surface area contributed by atoms with Crippen molar-refractivity contribution in [3.63, 3.8) is 0 Å². The number of hydrogen-bond donors (Lipinski definition) is 1. The maximum atomic E-state index is 9.30. The van der Waals surface area contributed by atoms with Crippen molar-refractivity contribution in [2.75, 3.05) is 6.61 Å². The third kappa shape index (κ3) is 4.37. The molecule has 3 nitrogen and oxygen atoms in total. The van der Waals surface area contributed by atoms with Gasteiger partial charge in [0.05, 0.1) is 13.2 Å². The normalized spacial score (nSPS) is 10.5. The highest BCUT2D eigenvalue weighted by Gasteiger charge is 2.10. The van der Waals surface area contributed by atoms with Crippen molar-refractivity contribution in [1.29, 1.82) is 0 Å². The second-order valence-electron chi connectivity index (χ2n) is 4.40. The Labute approximate surface area is 137 Å². The van der Waals surface area contributed by atoms with Crippen molar-refractivity contribution in [2.24, 2.45) is 0 Å². The zero-order valence-electron chi connectivity index (χ0n) is 11.6. The molecular weight excluding hydrogens is 356 g/mol. The van der Waals surface area contributed by atoms with Gasteiger partial charge in [0, 0.05) is 9.50 Å². The Balaban J connectivity index is 2.20. The van der Waals surface area contributed by atoms with Crippen LogP contribution in [-0.2, 0) is 13.2 Å². The predicted octanol–water partition coefficient (Wildman–Crippen LogP) is 4.57. The highest BCUT2D eigenvalue weighted by atomic mass is 79.9. The average molecular weight is 372 g/mol. The third-order valence-corrected chi connectivity index (χ3v) is 3.84. The van der Waals surface area contributed by atoms with E-state index in [0.717, 1.165) is 15.6 Å². The molecule has 2 rings (SSSR count). The molecule has 0 saturated carbocycles. The van der Waals surface area contributed by atoms with E-state index in [0.29, 0.717) is 29.7 Å². The molecule has 0 saturated heterocycles. The van der Waals surface area contributed by atoms with E-state index < -0.39 is 0 Å². The van der Waals surface area contributed by atoms with Gasteiger partial charge in [0.2, 0.25) is 0 Å². The SMILES string of the molecule is CCOc1cc(CO)c(Br)cc1OCc1cccc(Cl)c1. The van der Waals surface area contributed by atoms with Gasteiger partial charge in [-0.25, -0.2) is 0 Å². The Bertz CT molecular complexity index is 616. The Kier molecular flexibility index (Phi) is 5.91. The fourth-order valence-electron chi connectivity index (χ4n) is 1.87. The summed E-state index contributed by atoms with van der Waals surface area (Å²) in [4.78, 5) is 0. The van der Waals surface area contributed by atoms with Gasteiger partial charge >= 0.3 is 0 Å². The van der Waals surface area contributed by atoms with Crippen LogP contribution in [0.15, 0.2) is 40.9 Å². The molecule has 5 heteroatoms. The first-order valence-corrected chi connectivity index (χ1v) is 7.74. The Hall–Kier alpha value is -1.23. The van der Waals surface area contributed by atoms with Crippen molar-refractivity contribution in [3.05, 3.63) is 57.0 Å². The third-order valence-electron chi connectivity index (χ3n) is 2.87. The minimum atomic E-state index is -0.0603. The molecule has 0 heterocycles. The monoisotopic (exact) mass is 370 g/mol. The molecule has 0 amide bonds. The highest BCUT2D eigenvalue weighted by Crippen LogP contribution is 2.34. The zero-order valence-corrected chi connectivity index (χ0v) is 13.9. The molecule has 0 atom stereocenters. The molecular formula is C16H16BrClO3. The van der Waals surface area contributed by atoms with E-state index in [1.165, 1.54) is 0 Å². The topological polar surface area (TPSA) is 38.7 Å². The molecule has 2 aromatic carbocycles. The second kappa shape index (κ2) is 7.69. The summed E-state index contributed by atoms with van der Waals surface area (Å²) >= 11 is 9.37.